The molecule has 0 fully saturated rings. The van der Waals surface area contributed by atoms with Gasteiger partial charge in [0, 0.05) is 0 Å². The third-order valence-electron chi connectivity index (χ3n) is 10.3. The van der Waals surface area contributed by atoms with Crippen LogP contribution in [0.4, 0.5) is 0 Å². The normalized spacial score (nSPS) is 11.2. The van der Waals surface area contributed by atoms with Gasteiger partial charge in [-0.25, -0.2) is 0 Å². The molecule has 0 aromatic heterocycles. The average molecular weight is 649 g/mol. The van der Waals surface area contributed by atoms with Gasteiger partial charge in [-0.3, -0.25) is 0 Å². The van der Waals surface area contributed by atoms with E-state index >= 15 is 0 Å². The number of hydrogen-bond donors (Lipinski definition) is 0. The fourth-order valence-electron chi connectivity index (χ4n) is 7.32. The summed E-state index contributed by atoms with van der Waals surface area (Å²) in [6.45, 7) is 9.13. The quantitative estimate of drug-likeness (QED) is 0.0398. The van der Waals surface area contributed by atoms with E-state index in [1.54, 1.807) is 0 Å². The van der Waals surface area contributed by atoms with Crippen LogP contribution in [-0.2, 0) is 0 Å². The molecular weight excluding hydrogens is 577 g/mol. The summed E-state index contributed by atoms with van der Waals surface area (Å²) in [7, 11) is 0. The number of hydrogen-bond acceptors (Lipinski definition) is 0. The highest BCUT2D eigenvalue weighted by Gasteiger charge is 2.10. The van der Waals surface area contributed by atoms with Gasteiger partial charge >= 0.3 is 0 Å². The minimum atomic E-state index is 1.32. The highest BCUT2D eigenvalue weighted by Crippen LogP contribution is 2.38. The molecule has 0 aliphatic carbocycles. The summed E-state index contributed by atoms with van der Waals surface area (Å²) in [6.07, 6.45) is 34.9. The number of unbranched alkanes of at least 4 members (excludes halogenated alkanes) is 22. The Labute approximate surface area is 296 Å². The highest BCUT2D eigenvalue weighted by atomic mass is 14.1. The molecule has 0 N–H and O–H groups in total. The molecule has 0 saturated carbocycles. The molecule has 0 aliphatic heterocycles. The van der Waals surface area contributed by atoms with Gasteiger partial charge in [-0.2, -0.15) is 0 Å². The van der Waals surface area contributed by atoms with Crippen molar-refractivity contribution >= 4 is 43.1 Å². The van der Waals surface area contributed by atoms with Crippen LogP contribution in [0.1, 0.15) is 182 Å². The van der Waals surface area contributed by atoms with Crippen molar-refractivity contribution in [2.24, 2.45) is 0 Å². The van der Waals surface area contributed by atoms with Crippen molar-refractivity contribution in [1.29, 1.82) is 0 Å². The van der Waals surface area contributed by atoms with E-state index in [-0.39, 0.29) is 0 Å². The van der Waals surface area contributed by atoms with Crippen molar-refractivity contribution in [1.82, 2.24) is 0 Å². The van der Waals surface area contributed by atoms with Crippen LogP contribution in [0.15, 0.2) is 72.8 Å². The Bertz CT molecular complexity index is 1440. The van der Waals surface area contributed by atoms with Crippen LogP contribution < -0.4 is 0 Å². The Morgan fingerprint density at radius 3 is 1.06 bits per heavy atom. The van der Waals surface area contributed by atoms with Gasteiger partial charge in [0.15, 0.2) is 0 Å². The van der Waals surface area contributed by atoms with E-state index in [0.29, 0.717) is 0 Å². The van der Waals surface area contributed by atoms with Gasteiger partial charge in [0.25, 0.3) is 0 Å². The van der Waals surface area contributed by atoms with Gasteiger partial charge in [-0.1, -0.05) is 249 Å². The van der Waals surface area contributed by atoms with Crippen molar-refractivity contribution in [3.63, 3.8) is 0 Å². The first-order valence-corrected chi connectivity index (χ1v) is 20.8. The minimum Gasteiger partial charge on any atom is -0.0654 e. The smallest absolute Gasteiger partial charge is 0.00204 e. The maximum absolute atomic E-state index is 2.31. The van der Waals surface area contributed by atoms with Gasteiger partial charge in [0.1, 0.15) is 0 Å². The van der Waals surface area contributed by atoms with Crippen molar-refractivity contribution in [3.05, 3.63) is 72.8 Å². The lowest BCUT2D eigenvalue weighted by molar-refractivity contribution is 0.531. The van der Waals surface area contributed by atoms with Gasteiger partial charge in [-0.05, 0) is 49.2 Å². The second kappa shape index (κ2) is 25.4. The molecule has 0 heteroatoms. The van der Waals surface area contributed by atoms with Crippen LogP contribution in [0.2, 0.25) is 0 Å². The minimum absolute atomic E-state index is 1.32. The zero-order chi connectivity index (χ0) is 34.1. The molecule has 5 rings (SSSR count). The molecule has 0 heterocycles. The molecule has 0 aliphatic rings. The first kappa shape index (κ1) is 39.8. The molecule has 0 atom stereocenters. The molecule has 0 unspecified atom stereocenters. The van der Waals surface area contributed by atoms with Crippen LogP contribution >= 0.6 is 0 Å². The molecule has 0 amide bonds. The number of fused-ring (bicyclic) bond motifs is 2. The number of rotatable bonds is 22. The molecule has 5 aromatic carbocycles. The van der Waals surface area contributed by atoms with Crippen molar-refractivity contribution in [2.75, 3.05) is 0 Å². The lowest BCUT2D eigenvalue weighted by Crippen LogP contribution is -1.85. The number of benzene rings is 5. The van der Waals surface area contributed by atoms with Crippen LogP contribution in [0, 0.1) is 0 Å². The highest BCUT2D eigenvalue weighted by molar-refractivity contribution is 6.28. The fourth-order valence-corrected chi connectivity index (χ4v) is 7.32. The summed E-state index contributed by atoms with van der Waals surface area (Å²) < 4.78 is 0. The van der Waals surface area contributed by atoms with E-state index < -0.39 is 0 Å². The molecule has 0 bridgehead atoms. The Morgan fingerprint density at radius 2 is 0.625 bits per heavy atom. The predicted octanol–water partition coefficient (Wildman–Crippen LogP) is 17.2. The Hall–Kier alpha value is -2.60. The fraction of sp³-hybridized carbons (Fsp3) is 0.583. The van der Waals surface area contributed by atoms with Crippen LogP contribution in [0.25, 0.3) is 43.1 Å². The van der Waals surface area contributed by atoms with Crippen molar-refractivity contribution in [2.45, 2.75) is 182 Å². The SMILES string of the molecule is CCCCCCCCCC.CCCCCCCCCCCCCCCCCC.c1ccc2c(c1)cc1ccc3cccc4ccc2c1c34. The van der Waals surface area contributed by atoms with Crippen LogP contribution in [-0.4, -0.2) is 0 Å². The van der Waals surface area contributed by atoms with E-state index in [9.17, 15) is 0 Å². The van der Waals surface area contributed by atoms with Crippen molar-refractivity contribution in [3.8, 4) is 0 Å². The Kier molecular flexibility index (Phi) is 21.1. The lowest BCUT2D eigenvalue weighted by Gasteiger charge is -2.12. The van der Waals surface area contributed by atoms with E-state index in [0.717, 1.165) is 0 Å². The summed E-state index contributed by atoms with van der Waals surface area (Å²) in [5.41, 5.74) is 0. The molecule has 0 radical (unpaired) electrons. The van der Waals surface area contributed by atoms with Gasteiger partial charge in [-0.15, -0.1) is 0 Å². The molecule has 0 saturated heterocycles. The average Bonchev–Trinajstić information content (AvgIpc) is 3.12. The molecule has 264 valence electrons. The third-order valence-corrected chi connectivity index (χ3v) is 10.3. The topological polar surface area (TPSA) is 0 Å². The Morgan fingerprint density at radius 1 is 0.271 bits per heavy atom. The van der Waals surface area contributed by atoms with Crippen LogP contribution in [0.3, 0.4) is 0 Å². The first-order valence-electron chi connectivity index (χ1n) is 20.8. The maximum Gasteiger partial charge on any atom is -0.00204 e. The summed E-state index contributed by atoms with van der Waals surface area (Å²) in [4.78, 5) is 0. The molecule has 48 heavy (non-hydrogen) atoms. The molecule has 5 aromatic rings. The van der Waals surface area contributed by atoms with Crippen LogP contribution in [0.5, 0.6) is 0 Å². The predicted molar refractivity (Wildman–Crippen MR) is 221 cm³/mol. The van der Waals surface area contributed by atoms with Gasteiger partial charge in [0.2, 0.25) is 0 Å². The molecular formula is C48H72. The van der Waals surface area contributed by atoms with E-state index in [4.69, 9.17) is 0 Å². The maximum atomic E-state index is 2.31. The summed E-state index contributed by atoms with van der Waals surface area (Å²) >= 11 is 0. The third kappa shape index (κ3) is 14.1. The molecule has 0 nitrogen and oxygen atoms in total. The van der Waals surface area contributed by atoms with Gasteiger partial charge in [0.05, 0.1) is 0 Å². The molecule has 0 spiro atoms. The second-order valence-corrected chi connectivity index (χ2v) is 14.5. The largest absolute Gasteiger partial charge is 0.0654 e. The standard InChI is InChI=1S/C20H12.C18H38.C10H22/c1-2-7-17-15(4-1)12-16-9-8-13-5-3-6-14-10-11-18(17)20(16)19(13)14;1-3-5-7-9-11-13-15-17-18-16-14-12-10-8-6-4-2;1-3-5-7-9-10-8-6-4-2/h1-12H;3-18H2,1-2H3;3-10H2,1-2H3. The summed E-state index contributed by atoms with van der Waals surface area (Å²) in [5.74, 6) is 0. The Balaban J connectivity index is 0.000000208. The summed E-state index contributed by atoms with van der Waals surface area (Å²) in [5, 5.41) is 10.8. The zero-order valence-electron chi connectivity index (χ0n) is 31.9. The zero-order valence-corrected chi connectivity index (χ0v) is 31.9. The van der Waals surface area contributed by atoms with Crippen molar-refractivity contribution < 1.29 is 0 Å². The monoisotopic (exact) mass is 649 g/mol. The van der Waals surface area contributed by atoms with E-state index in [1.165, 1.54) is 197 Å². The second-order valence-electron chi connectivity index (χ2n) is 14.5. The van der Waals surface area contributed by atoms with E-state index in [1.807, 2.05) is 0 Å². The lowest BCUT2D eigenvalue weighted by atomic mass is 9.91. The van der Waals surface area contributed by atoms with E-state index in [2.05, 4.69) is 100 Å². The first-order chi connectivity index (χ1) is 23.7. The summed E-state index contributed by atoms with van der Waals surface area (Å²) in [6, 6.07) is 26.5. The van der Waals surface area contributed by atoms with Gasteiger partial charge < -0.3 is 0 Å².